The molecule has 0 bridgehead atoms. The molecule has 1 atom stereocenters. The fraction of sp³-hybridized carbons (Fsp3) is 0.571. The molecule has 0 amide bonds. The second-order valence-corrected chi connectivity index (χ2v) is 6.54. The van der Waals surface area contributed by atoms with Gasteiger partial charge in [-0.3, -0.25) is 0 Å². The van der Waals surface area contributed by atoms with Crippen molar-refractivity contribution in [3.8, 4) is 5.75 Å². The second-order valence-electron chi connectivity index (χ2n) is 5.62. The maximum atomic E-state index is 13.4. The fourth-order valence-corrected chi connectivity index (χ4v) is 1.70. The van der Waals surface area contributed by atoms with Gasteiger partial charge >= 0.3 is 0 Å². The van der Waals surface area contributed by atoms with E-state index in [1.807, 2.05) is 0 Å². The smallest absolute Gasteiger partial charge is 0.165 e. The van der Waals surface area contributed by atoms with E-state index in [4.69, 9.17) is 4.74 Å². The summed E-state index contributed by atoms with van der Waals surface area (Å²) in [6.07, 6.45) is 0. The zero-order valence-corrected chi connectivity index (χ0v) is 13.0. The summed E-state index contributed by atoms with van der Waals surface area (Å²) in [6, 6.07) is 4.71. The van der Waals surface area contributed by atoms with Gasteiger partial charge in [0.2, 0.25) is 0 Å². The monoisotopic (exact) mass is 317 g/mol. The van der Waals surface area contributed by atoms with E-state index in [-0.39, 0.29) is 11.4 Å². The van der Waals surface area contributed by atoms with Gasteiger partial charge in [0.1, 0.15) is 0 Å². The quantitative estimate of drug-likeness (QED) is 0.886. The summed E-state index contributed by atoms with van der Waals surface area (Å²) in [5.41, 5.74) is 0.0925. The summed E-state index contributed by atoms with van der Waals surface area (Å²) >= 11 is 3.30. The molecule has 1 aromatic carbocycles. The number of hydrogen-bond donors (Lipinski definition) is 1. The van der Waals surface area contributed by atoms with Crippen LogP contribution in [0, 0.1) is 11.7 Å². The van der Waals surface area contributed by atoms with Crippen molar-refractivity contribution in [1.29, 1.82) is 0 Å². The Bertz CT molecular complexity index is 390. The molecule has 18 heavy (non-hydrogen) atoms. The van der Waals surface area contributed by atoms with E-state index in [1.54, 1.807) is 12.1 Å². The average molecular weight is 318 g/mol. The Kier molecular flexibility index (Phi) is 5.60. The summed E-state index contributed by atoms with van der Waals surface area (Å²) in [5, 5.41) is 3.40. The molecule has 0 heterocycles. The van der Waals surface area contributed by atoms with Gasteiger partial charge < -0.3 is 10.1 Å². The topological polar surface area (TPSA) is 21.3 Å². The van der Waals surface area contributed by atoms with Crippen molar-refractivity contribution in [1.82, 2.24) is 5.32 Å². The molecule has 0 spiro atoms. The highest BCUT2D eigenvalue weighted by Crippen LogP contribution is 2.22. The average Bonchev–Trinajstić information content (AvgIpc) is 2.26. The van der Waals surface area contributed by atoms with Crippen LogP contribution in [0.4, 0.5) is 4.39 Å². The molecule has 4 heteroatoms. The second kappa shape index (κ2) is 6.53. The molecule has 0 fully saturated rings. The molecule has 1 N–H and O–H groups in total. The molecule has 2 nitrogen and oxygen atoms in total. The Labute approximate surface area is 117 Å². The molecule has 102 valence electrons. The Balaban J connectivity index is 2.42. The number of ether oxygens (including phenoxy) is 1. The van der Waals surface area contributed by atoms with E-state index < -0.39 is 0 Å². The van der Waals surface area contributed by atoms with Crippen LogP contribution in [-0.2, 0) is 0 Å². The van der Waals surface area contributed by atoms with Crippen LogP contribution in [0.3, 0.4) is 0 Å². The summed E-state index contributed by atoms with van der Waals surface area (Å²) in [6.45, 7) is 9.78. The van der Waals surface area contributed by atoms with E-state index in [2.05, 4.69) is 48.9 Å². The minimum Gasteiger partial charge on any atom is -0.490 e. The number of halogens is 2. The van der Waals surface area contributed by atoms with Gasteiger partial charge in [0.05, 0.1) is 6.61 Å². The van der Waals surface area contributed by atoms with Crippen molar-refractivity contribution in [2.75, 3.05) is 13.2 Å². The zero-order chi connectivity index (χ0) is 13.8. The van der Waals surface area contributed by atoms with Crippen molar-refractivity contribution in [2.45, 2.75) is 33.2 Å². The van der Waals surface area contributed by atoms with E-state index in [0.29, 0.717) is 18.3 Å². The molecular formula is C14H21BrFNO. The van der Waals surface area contributed by atoms with Crippen LogP contribution in [0.5, 0.6) is 5.75 Å². The zero-order valence-electron chi connectivity index (χ0n) is 11.4. The Morgan fingerprint density at radius 2 is 2.06 bits per heavy atom. The highest BCUT2D eigenvalue weighted by molar-refractivity contribution is 9.10. The van der Waals surface area contributed by atoms with E-state index >= 15 is 0 Å². The lowest BCUT2D eigenvalue weighted by atomic mass is 10.1. The molecule has 0 aliphatic rings. The van der Waals surface area contributed by atoms with Gasteiger partial charge in [-0.05, 0) is 39.0 Å². The number of hydrogen-bond acceptors (Lipinski definition) is 2. The third-order valence-electron chi connectivity index (χ3n) is 2.40. The molecule has 0 aliphatic heterocycles. The fourth-order valence-electron chi connectivity index (χ4n) is 1.36. The predicted molar refractivity (Wildman–Crippen MR) is 76.5 cm³/mol. The minimum absolute atomic E-state index is 0.0925. The lowest BCUT2D eigenvalue weighted by Gasteiger charge is -2.23. The maximum Gasteiger partial charge on any atom is 0.165 e. The van der Waals surface area contributed by atoms with Crippen LogP contribution in [0.25, 0.3) is 0 Å². The molecule has 0 saturated carbocycles. The van der Waals surface area contributed by atoms with E-state index in [0.717, 1.165) is 11.0 Å². The molecule has 0 radical (unpaired) electrons. The van der Waals surface area contributed by atoms with Gasteiger partial charge in [0, 0.05) is 22.5 Å². The molecule has 0 aromatic heterocycles. The van der Waals surface area contributed by atoms with Crippen LogP contribution in [0.1, 0.15) is 27.7 Å². The van der Waals surface area contributed by atoms with E-state index in [9.17, 15) is 4.39 Å². The summed E-state index contributed by atoms with van der Waals surface area (Å²) in [5.74, 6) is 0.295. The number of benzene rings is 1. The molecular weight excluding hydrogens is 297 g/mol. The first-order valence-electron chi connectivity index (χ1n) is 6.11. The lowest BCUT2D eigenvalue weighted by Crippen LogP contribution is -2.39. The van der Waals surface area contributed by atoms with Gasteiger partial charge in [0.15, 0.2) is 11.6 Å². The summed E-state index contributed by atoms with van der Waals surface area (Å²) < 4.78 is 19.8. The summed E-state index contributed by atoms with van der Waals surface area (Å²) in [7, 11) is 0. The summed E-state index contributed by atoms with van der Waals surface area (Å²) in [4.78, 5) is 0. The number of rotatable bonds is 5. The molecule has 1 rings (SSSR count). The van der Waals surface area contributed by atoms with Crippen LogP contribution in [0.15, 0.2) is 22.7 Å². The van der Waals surface area contributed by atoms with Crippen molar-refractivity contribution < 1.29 is 9.13 Å². The molecule has 0 saturated heterocycles. The van der Waals surface area contributed by atoms with Crippen LogP contribution in [-0.4, -0.2) is 18.7 Å². The molecule has 0 aliphatic carbocycles. The normalized spacial score (nSPS) is 13.4. The highest BCUT2D eigenvalue weighted by atomic mass is 79.9. The maximum absolute atomic E-state index is 13.4. The van der Waals surface area contributed by atoms with Gasteiger partial charge in [-0.1, -0.05) is 22.9 Å². The first kappa shape index (κ1) is 15.4. The largest absolute Gasteiger partial charge is 0.490 e. The van der Waals surface area contributed by atoms with Crippen LogP contribution >= 0.6 is 15.9 Å². The Hall–Kier alpha value is -0.610. The van der Waals surface area contributed by atoms with Gasteiger partial charge in [-0.2, -0.15) is 0 Å². The van der Waals surface area contributed by atoms with Crippen molar-refractivity contribution in [2.24, 2.45) is 5.92 Å². The first-order valence-corrected chi connectivity index (χ1v) is 6.90. The molecule has 1 aromatic rings. The van der Waals surface area contributed by atoms with Crippen molar-refractivity contribution in [3.05, 3.63) is 28.5 Å². The van der Waals surface area contributed by atoms with Crippen molar-refractivity contribution in [3.63, 3.8) is 0 Å². The van der Waals surface area contributed by atoms with Gasteiger partial charge in [-0.25, -0.2) is 4.39 Å². The highest BCUT2D eigenvalue weighted by Gasteiger charge is 2.12. The SMILES string of the molecule is CC(CNC(C)(C)C)COc1cc(Br)ccc1F. The lowest BCUT2D eigenvalue weighted by molar-refractivity contribution is 0.235. The third-order valence-corrected chi connectivity index (χ3v) is 2.89. The third kappa shape index (κ3) is 5.83. The van der Waals surface area contributed by atoms with E-state index in [1.165, 1.54) is 6.07 Å². The van der Waals surface area contributed by atoms with Crippen LogP contribution in [0.2, 0.25) is 0 Å². The van der Waals surface area contributed by atoms with Crippen molar-refractivity contribution >= 4 is 15.9 Å². The first-order chi connectivity index (χ1) is 8.28. The van der Waals surface area contributed by atoms with Crippen LogP contribution < -0.4 is 10.1 Å². The Morgan fingerprint density at radius 1 is 1.39 bits per heavy atom. The predicted octanol–water partition coefficient (Wildman–Crippen LogP) is 3.99. The van der Waals surface area contributed by atoms with Gasteiger partial charge in [0.25, 0.3) is 0 Å². The Morgan fingerprint density at radius 3 is 2.67 bits per heavy atom. The number of nitrogens with one attached hydrogen (secondary N) is 1. The minimum atomic E-state index is -0.325. The molecule has 1 unspecified atom stereocenters. The standard InChI is InChI=1S/C14H21BrFNO/c1-10(8-17-14(2,3)4)9-18-13-7-11(15)5-6-12(13)16/h5-7,10,17H,8-9H2,1-4H3. The van der Waals surface area contributed by atoms with Gasteiger partial charge in [-0.15, -0.1) is 0 Å².